The number of ether oxygens (including phenoxy) is 1. The number of hydrogen-bond acceptors (Lipinski definition) is 2. The summed E-state index contributed by atoms with van der Waals surface area (Å²) in [4.78, 5) is 0. The van der Waals surface area contributed by atoms with E-state index in [2.05, 4.69) is 13.0 Å². The normalized spacial score (nSPS) is 10.8. The van der Waals surface area contributed by atoms with Gasteiger partial charge in [0.25, 0.3) is 0 Å². The molecule has 0 saturated carbocycles. The summed E-state index contributed by atoms with van der Waals surface area (Å²) in [6.07, 6.45) is 1.03. The first-order valence-corrected chi connectivity index (χ1v) is 5.70. The van der Waals surface area contributed by atoms with Gasteiger partial charge in [-0.05, 0) is 24.1 Å². The number of methoxy groups -OCH3 is 1. The minimum atomic E-state index is 0.819. The average Bonchev–Trinajstić information content (AvgIpc) is 2.57. The number of aryl methyl sites for hydroxylation is 1. The molecular weight excluding hydrogens is 216 g/mol. The van der Waals surface area contributed by atoms with Crippen LogP contribution < -0.4 is 4.74 Å². The van der Waals surface area contributed by atoms with E-state index in [0.29, 0.717) is 0 Å². The molecule has 3 heteroatoms. The smallest absolute Gasteiger partial charge is 0.127 e. The lowest BCUT2D eigenvalue weighted by atomic mass is 10.1. The van der Waals surface area contributed by atoms with Gasteiger partial charge in [-0.2, -0.15) is 0 Å². The van der Waals surface area contributed by atoms with Crippen LogP contribution in [0.15, 0.2) is 18.2 Å². The molecule has 1 heterocycles. The van der Waals surface area contributed by atoms with Crippen molar-refractivity contribution in [3.8, 4) is 5.75 Å². The Morgan fingerprint density at radius 3 is 2.86 bits per heavy atom. The fourth-order valence-electron chi connectivity index (χ4n) is 1.58. The van der Waals surface area contributed by atoms with Crippen LogP contribution in [0.4, 0.5) is 0 Å². The molecule has 1 aromatic heterocycles. The Morgan fingerprint density at radius 1 is 1.43 bits per heavy atom. The molecule has 0 saturated heterocycles. The molecule has 2 rings (SSSR count). The van der Waals surface area contributed by atoms with E-state index >= 15 is 0 Å². The molecule has 0 atom stereocenters. The third-order valence-electron chi connectivity index (χ3n) is 2.30. The van der Waals surface area contributed by atoms with E-state index in [1.807, 2.05) is 12.1 Å². The predicted octanol–water partition coefficient (Wildman–Crippen LogP) is 4.13. The Labute approximate surface area is 92.3 Å². The molecule has 0 spiro atoms. The number of benzene rings is 1. The number of hydrogen-bond donors (Lipinski definition) is 0. The second-order valence-corrected chi connectivity index (χ2v) is 4.76. The quantitative estimate of drug-likeness (QED) is 0.749. The highest BCUT2D eigenvalue weighted by Crippen LogP contribution is 2.37. The zero-order chi connectivity index (χ0) is 10.1. The minimum absolute atomic E-state index is 0.819. The van der Waals surface area contributed by atoms with E-state index in [1.165, 1.54) is 10.3 Å². The zero-order valence-corrected chi connectivity index (χ0v) is 9.71. The van der Waals surface area contributed by atoms with Gasteiger partial charge in [0, 0.05) is 10.1 Å². The summed E-state index contributed by atoms with van der Waals surface area (Å²) in [5.41, 5.74) is 1.33. The van der Waals surface area contributed by atoms with E-state index in [-0.39, 0.29) is 0 Å². The van der Waals surface area contributed by atoms with Gasteiger partial charge in [-0.3, -0.25) is 0 Å². The first-order chi connectivity index (χ1) is 6.76. The van der Waals surface area contributed by atoms with Crippen LogP contribution >= 0.6 is 22.9 Å². The lowest BCUT2D eigenvalue weighted by Gasteiger charge is -2.04. The van der Waals surface area contributed by atoms with E-state index < -0.39 is 0 Å². The van der Waals surface area contributed by atoms with Crippen molar-refractivity contribution in [2.24, 2.45) is 0 Å². The molecule has 0 bridgehead atoms. The molecule has 0 N–H and O–H groups in total. The van der Waals surface area contributed by atoms with E-state index in [9.17, 15) is 0 Å². The number of fused-ring (bicyclic) bond motifs is 1. The molecule has 1 nitrogen and oxygen atoms in total. The van der Waals surface area contributed by atoms with Gasteiger partial charge in [-0.25, -0.2) is 0 Å². The predicted molar refractivity (Wildman–Crippen MR) is 62.8 cm³/mol. The SMILES string of the molecule is CCc1ccc(OC)c2cc(Cl)sc12. The van der Waals surface area contributed by atoms with E-state index in [4.69, 9.17) is 16.3 Å². The highest BCUT2D eigenvalue weighted by Gasteiger charge is 2.08. The summed E-state index contributed by atoms with van der Waals surface area (Å²) >= 11 is 7.62. The van der Waals surface area contributed by atoms with Gasteiger partial charge in [0.05, 0.1) is 11.4 Å². The summed E-state index contributed by atoms with van der Waals surface area (Å²) in [7, 11) is 1.69. The van der Waals surface area contributed by atoms with Gasteiger partial charge in [-0.1, -0.05) is 24.6 Å². The zero-order valence-electron chi connectivity index (χ0n) is 8.13. The van der Waals surface area contributed by atoms with Crippen LogP contribution in [0.2, 0.25) is 4.34 Å². The number of rotatable bonds is 2. The number of thiophene rings is 1. The molecule has 2 aromatic rings. The van der Waals surface area contributed by atoms with Crippen LogP contribution in [0.3, 0.4) is 0 Å². The Balaban J connectivity index is 2.77. The van der Waals surface area contributed by atoms with E-state index in [0.717, 1.165) is 21.9 Å². The third kappa shape index (κ3) is 1.49. The summed E-state index contributed by atoms with van der Waals surface area (Å²) in [6, 6.07) is 6.08. The fourth-order valence-corrected chi connectivity index (χ4v) is 2.91. The van der Waals surface area contributed by atoms with Crippen molar-refractivity contribution in [2.75, 3.05) is 7.11 Å². The molecule has 0 aliphatic heterocycles. The van der Waals surface area contributed by atoms with Gasteiger partial charge in [-0.15, -0.1) is 11.3 Å². The lowest BCUT2D eigenvalue weighted by molar-refractivity contribution is 0.420. The highest BCUT2D eigenvalue weighted by atomic mass is 35.5. The molecular formula is C11H11ClOS. The van der Waals surface area contributed by atoms with Crippen LogP contribution in [-0.4, -0.2) is 7.11 Å². The van der Waals surface area contributed by atoms with Crippen LogP contribution in [0, 0.1) is 0 Å². The summed E-state index contributed by atoms with van der Waals surface area (Å²) < 4.78 is 7.35. The standard InChI is InChI=1S/C11H11ClOS/c1-3-7-4-5-9(13-2)8-6-10(12)14-11(7)8/h4-6H,3H2,1-2H3. The molecule has 0 unspecified atom stereocenters. The van der Waals surface area contributed by atoms with Gasteiger partial charge in [0.15, 0.2) is 0 Å². The first kappa shape index (κ1) is 9.81. The summed E-state index contributed by atoms with van der Waals surface area (Å²) in [5, 5.41) is 1.13. The minimum Gasteiger partial charge on any atom is -0.496 e. The van der Waals surface area contributed by atoms with Gasteiger partial charge < -0.3 is 4.74 Å². The van der Waals surface area contributed by atoms with Crippen LogP contribution in [0.1, 0.15) is 12.5 Å². The van der Waals surface area contributed by atoms with Crippen LogP contribution in [0.5, 0.6) is 5.75 Å². The molecule has 0 radical (unpaired) electrons. The highest BCUT2D eigenvalue weighted by molar-refractivity contribution is 7.22. The van der Waals surface area contributed by atoms with Crippen LogP contribution in [-0.2, 0) is 6.42 Å². The van der Waals surface area contributed by atoms with Crippen molar-refractivity contribution in [1.82, 2.24) is 0 Å². The molecule has 74 valence electrons. The van der Waals surface area contributed by atoms with Crippen molar-refractivity contribution in [1.29, 1.82) is 0 Å². The maximum atomic E-state index is 6.00. The van der Waals surface area contributed by atoms with Crippen molar-refractivity contribution in [3.05, 3.63) is 28.1 Å². The fraction of sp³-hybridized carbons (Fsp3) is 0.273. The van der Waals surface area contributed by atoms with E-state index in [1.54, 1.807) is 18.4 Å². The molecule has 0 aliphatic rings. The van der Waals surface area contributed by atoms with Gasteiger partial charge in [0.2, 0.25) is 0 Å². The lowest BCUT2D eigenvalue weighted by Crippen LogP contribution is -1.85. The van der Waals surface area contributed by atoms with Crippen molar-refractivity contribution < 1.29 is 4.74 Å². The largest absolute Gasteiger partial charge is 0.496 e. The Morgan fingerprint density at radius 2 is 2.21 bits per heavy atom. The summed E-state index contributed by atoms with van der Waals surface area (Å²) in [6.45, 7) is 2.15. The van der Waals surface area contributed by atoms with Gasteiger partial charge in [0.1, 0.15) is 5.75 Å². The third-order valence-corrected chi connectivity index (χ3v) is 3.64. The van der Waals surface area contributed by atoms with Crippen molar-refractivity contribution in [2.45, 2.75) is 13.3 Å². The molecule has 0 aliphatic carbocycles. The van der Waals surface area contributed by atoms with Crippen LogP contribution in [0.25, 0.3) is 10.1 Å². The number of halogens is 1. The van der Waals surface area contributed by atoms with Crippen molar-refractivity contribution in [3.63, 3.8) is 0 Å². The molecule has 0 amide bonds. The first-order valence-electron chi connectivity index (χ1n) is 4.51. The van der Waals surface area contributed by atoms with Crippen molar-refractivity contribution >= 4 is 33.0 Å². The van der Waals surface area contributed by atoms with Gasteiger partial charge >= 0.3 is 0 Å². The Hall–Kier alpha value is -0.730. The Kier molecular flexibility index (Phi) is 2.66. The Bertz CT molecular complexity index is 421. The second kappa shape index (κ2) is 3.79. The summed E-state index contributed by atoms with van der Waals surface area (Å²) in [5.74, 6) is 0.903. The maximum absolute atomic E-state index is 6.00. The molecule has 0 fully saturated rings. The molecule has 1 aromatic carbocycles. The monoisotopic (exact) mass is 226 g/mol. The second-order valence-electron chi connectivity index (χ2n) is 3.07. The maximum Gasteiger partial charge on any atom is 0.127 e. The topological polar surface area (TPSA) is 9.23 Å². The average molecular weight is 227 g/mol. The molecule has 14 heavy (non-hydrogen) atoms.